The number of hydrogen-bond acceptors (Lipinski definition) is 4. The van der Waals surface area contributed by atoms with Crippen LogP contribution in [0.5, 0.6) is 0 Å². The maximum atomic E-state index is 13.5. The third-order valence-electron chi connectivity index (χ3n) is 4.16. The fourth-order valence-corrected chi connectivity index (χ4v) is 2.94. The zero-order chi connectivity index (χ0) is 15.3. The van der Waals surface area contributed by atoms with Gasteiger partial charge in [0.05, 0.1) is 0 Å². The Balaban J connectivity index is 1.70. The molecular weight excluding hydrogens is 283 g/mol. The summed E-state index contributed by atoms with van der Waals surface area (Å²) >= 11 is 0. The fraction of sp³-hybridized carbons (Fsp3) is 0.375. The van der Waals surface area contributed by atoms with Crippen LogP contribution in [0, 0.1) is 5.82 Å². The average Bonchev–Trinajstić information content (AvgIpc) is 3.11. The van der Waals surface area contributed by atoms with E-state index >= 15 is 0 Å². The molecule has 3 heterocycles. The van der Waals surface area contributed by atoms with Crippen LogP contribution in [0.3, 0.4) is 0 Å². The number of halogens is 1. The van der Waals surface area contributed by atoms with Gasteiger partial charge >= 0.3 is 6.01 Å². The summed E-state index contributed by atoms with van der Waals surface area (Å²) in [5, 5.41) is 4.95. The molecular formula is C16H17FN4O. The smallest absolute Gasteiger partial charge is 0.324 e. The summed E-state index contributed by atoms with van der Waals surface area (Å²) in [4.78, 5) is 9.89. The van der Waals surface area contributed by atoms with Crippen molar-refractivity contribution in [2.45, 2.75) is 32.7 Å². The molecule has 0 radical (unpaired) electrons. The normalized spacial score (nSPS) is 14.8. The molecule has 0 bridgehead atoms. The van der Waals surface area contributed by atoms with Crippen LogP contribution in [0.4, 0.5) is 10.4 Å². The van der Waals surface area contributed by atoms with Crippen molar-refractivity contribution in [3.63, 3.8) is 0 Å². The Morgan fingerprint density at radius 1 is 1.36 bits per heavy atom. The first-order valence-electron chi connectivity index (χ1n) is 7.49. The van der Waals surface area contributed by atoms with Crippen LogP contribution in [0.2, 0.25) is 0 Å². The minimum Gasteiger partial charge on any atom is -0.358 e. The Morgan fingerprint density at radius 2 is 2.23 bits per heavy atom. The summed E-state index contributed by atoms with van der Waals surface area (Å²) in [6.07, 6.45) is 0.852. The van der Waals surface area contributed by atoms with Crippen molar-refractivity contribution < 1.29 is 8.91 Å². The van der Waals surface area contributed by atoms with Crippen LogP contribution in [0.15, 0.2) is 22.7 Å². The topological polar surface area (TPSA) is 58.0 Å². The number of rotatable bonds is 2. The van der Waals surface area contributed by atoms with Gasteiger partial charge in [-0.1, -0.05) is 19.0 Å². The monoisotopic (exact) mass is 300 g/mol. The van der Waals surface area contributed by atoms with Crippen LogP contribution in [0.1, 0.15) is 36.8 Å². The van der Waals surface area contributed by atoms with E-state index in [4.69, 9.17) is 4.52 Å². The minimum atomic E-state index is -0.216. The van der Waals surface area contributed by atoms with Crippen molar-refractivity contribution in [2.24, 2.45) is 0 Å². The van der Waals surface area contributed by atoms with E-state index in [1.165, 1.54) is 11.8 Å². The summed E-state index contributed by atoms with van der Waals surface area (Å²) in [6, 6.07) is 5.40. The number of benzene rings is 1. The lowest BCUT2D eigenvalue weighted by Gasteiger charge is -2.25. The Hall–Kier alpha value is -2.37. The highest BCUT2D eigenvalue weighted by molar-refractivity contribution is 5.85. The molecule has 0 unspecified atom stereocenters. The van der Waals surface area contributed by atoms with E-state index in [1.54, 1.807) is 12.1 Å². The molecule has 6 heteroatoms. The summed E-state index contributed by atoms with van der Waals surface area (Å²) in [6.45, 7) is 5.53. The van der Waals surface area contributed by atoms with Gasteiger partial charge < -0.3 is 14.4 Å². The molecule has 2 aromatic heterocycles. The molecule has 0 fully saturated rings. The molecule has 22 heavy (non-hydrogen) atoms. The SMILES string of the molecule is CC(C)c1noc(N2CCc3[nH]c4ccc(F)cc4c3C2)n1. The second-order valence-electron chi connectivity index (χ2n) is 6.03. The number of nitrogens with zero attached hydrogens (tertiary/aromatic N) is 3. The molecule has 114 valence electrons. The molecule has 0 saturated heterocycles. The van der Waals surface area contributed by atoms with Crippen LogP contribution in [-0.2, 0) is 13.0 Å². The van der Waals surface area contributed by atoms with Gasteiger partial charge in [0.1, 0.15) is 5.82 Å². The van der Waals surface area contributed by atoms with E-state index in [0.29, 0.717) is 18.4 Å². The maximum Gasteiger partial charge on any atom is 0.324 e. The van der Waals surface area contributed by atoms with Crippen molar-refractivity contribution in [1.82, 2.24) is 15.1 Å². The zero-order valence-electron chi connectivity index (χ0n) is 12.6. The summed E-state index contributed by atoms with van der Waals surface area (Å²) in [5.74, 6) is 0.733. The minimum absolute atomic E-state index is 0.216. The first kappa shape index (κ1) is 13.3. The van der Waals surface area contributed by atoms with Gasteiger partial charge in [-0.3, -0.25) is 0 Å². The van der Waals surface area contributed by atoms with E-state index in [2.05, 4.69) is 20.0 Å². The lowest BCUT2D eigenvalue weighted by Crippen LogP contribution is -2.30. The van der Waals surface area contributed by atoms with Crippen LogP contribution >= 0.6 is 0 Å². The van der Waals surface area contributed by atoms with Crippen molar-refractivity contribution in [2.75, 3.05) is 11.4 Å². The van der Waals surface area contributed by atoms with Gasteiger partial charge in [0.2, 0.25) is 0 Å². The second kappa shape index (κ2) is 4.83. The van der Waals surface area contributed by atoms with Crippen molar-refractivity contribution in [3.05, 3.63) is 41.1 Å². The third-order valence-corrected chi connectivity index (χ3v) is 4.16. The number of aromatic amines is 1. The molecule has 1 aliphatic heterocycles. The quantitative estimate of drug-likeness (QED) is 0.788. The van der Waals surface area contributed by atoms with Gasteiger partial charge in [0.15, 0.2) is 5.82 Å². The largest absolute Gasteiger partial charge is 0.358 e. The van der Waals surface area contributed by atoms with Gasteiger partial charge in [-0.15, -0.1) is 0 Å². The number of H-pyrrole nitrogens is 1. The van der Waals surface area contributed by atoms with E-state index in [1.807, 2.05) is 13.8 Å². The predicted molar refractivity (Wildman–Crippen MR) is 81.4 cm³/mol. The third kappa shape index (κ3) is 2.06. The number of fused-ring (bicyclic) bond motifs is 3. The number of aromatic nitrogens is 3. The lowest BCUT2D eigenvalue weighted by atomic mass is 10.0. The molecule has 1 aliphatic rings. The average molecular weight is 300 g/mol. The van der Waals surface area contributed by atoms with Gasteiger partial charge in [-0.2, -0.15) is 4.98 Å². The molecule has 0 atom stereocenters. The standard InChI is InChI=1S/C16H17FN4O/c1-9(2)15-19-16(22-20-15)21-6-5-14-12(8-21)11-7-10(17)3-4-13(11)18-14/h3-4,7,9,18H,5-6,8H2,1-2H3. The van der Waals surface area contributed by atoms with Crippen molar-refractivity contribution >= 4 is 16.9 Å². The van der Waals surface area contributed by atoms with E-state index < -0.39 is 0 Å². The predicted octanol–water partition coefficient (Wildman–Crippen LogP) is 3.38. The highest BCUT2D eigenvalue weighted by Crippen LogP contribution is 2.30. The molecule has 0 aliphatic carbocycles. The second-order valence-corrected chi connectivity index (χ2v) is 6.03. The number of nitrogens with one attached hydrogen (secondary N) is 1. The Bertz CT molecular complexity index is 836. The molecule has 5 nitrogen and oxygen atoms in total. The first-order valence-corrected chi connectivity index (χ1v) is 7.49. The van der Waals surface area contributed by atoms with Crippen LogP contribution in [0.25, 0.3) is 10.9 Å². The summed E-state index contributed by atoms with van der Waals surface area (Å²) < 4.78 is 18.9. The molecule has 1 aromatic carbocycles. The van der Waals surface area contributed by atoms with Crippen molar-refractivity contribution in [1.29, 1.82) is 0 Å². The van der Waals surface area contributed by atoms with E-state index in [-0.39, 0.29) is 11.7 Å². The van der Waals surface area contributed by atoms with Gasteiger partial charge in [0.25, 0.3) is 0 Å². The Labute approximate surface area is 127 Å². The van der Waals surface area contributed by atoms with Gasteiger partial charge in [0, 0.05) is 47.6 Å². The zero-order valence-corrected chi connectivity index (χ0v) is 12.6. The van der Waals surface area contributed by atoms with Crippen molar-refractivity contribution in [3.8, 4) is 0 Å². The van der Waals surface area contributed by atoms with Crippen LogP contribution < -0.4 is 4.90 Å². The molecule has 1 N–H and O–H groups in total. The molecule has 0 saturated carbocycles. The van der Waals surface area contributed by atoms with Gasteiger partial charge in [-0.05, 0) is 18.2 Å². The fourth-order valence-electron chi connectivity index (χ4n) is 2.94. The molecule has 0 spiro atoms. The highest BCUT2D eigenvalue weighted by atomic mass is 19.1. The molecule has 3 aromatic rings. The lowest BCUT2D eigenvalue weighted by molar-refractivity contribution is 0.401. The van der Waals surface area contributed by atoms with E-state index in [0.717, 1.165) is 29.4 Å². The van der Waals surface area contributed by atoms with Crippen LogP contribution in [-0.4, -0.2) is 21.7 Å². The highest BCUT2D eigenvalue weighted by Gasteiger charge is 2.24. The molecule has 0 amide bonds. The Kier molecular flexibility index (Phi) is 2.92. The van der Waals surface area contributed by atoms with E-state index in [9.17, 15) is 4.39 Å². The maximum absolute atomic E-state index is 13.5. The first-order chi connectivity index (χ1) is 10.6. The summed E-state index contributed by atoms with van der Waals surface area (Å²) in [5.41, 5.74) is 3.26. The van der Waals surface area contributed by atoms with Gasteiger partial charge in [-0.25, -0.2) is 4.39 Å². The molecule has 4 rings (SSSR count). The Morgan fingerprint density at radius 3 is 3.00 bits per heavy atom. The number of hydrogen-bond donors (Lipinski definition) is 1. The summed E-state index contributed by atoms with van der Waals surface area (Å²) in [7, 11) is 0. The number of anilines is 1.